The summed E-state index contributed by atoms with van der Waals surface area (Å²) in [5.41, 5.74) is 4.08. The van der Waals surface area contributed by atoms with Crippen molar-refractivity contribution in [3.63, 3.8) is 0 Å². The Bertz CT molecular complexity index is 881. The number of carbonyl (C=O) groups is 2. The lowest BCUT2D eigenvalue weighted by molar-refractivity contribution is -0.113. The maximum atomic E-state index is 12.3. The molecular formula is C19H18N2O3S2. The summed E-state index contributed by atoms with van der Waals surface area (Å²) in [5, 5.41) is 2.86. The lowest BCUT2D eigenvalue weighted by Crippen LogP contribution is -2.16. The van der Waals surface area contributed by atoms with Crippen LogP contribution in [-0.4, -0.2) is 29.1 Å². The van der Waals surface area contributed by atoms with Gasteiger partial charge in [0, 0.05) is 11.4 Å². The Balaban J connectivity index is 1.62. The number of rotatable bonds is 4. The summed E-state index contributed by atoms with van der Waals surface area (Å²) in [4.78, 5) is 28.5. The van der Waals surface area contributed by atoms with Crippen LogP contribution in [0, 0.1) is 6.92 Å². The van der Waals surface area contributed by atoms with E-state index in [0.717, 1.165) is 21.4 Å². The van der Waals surface area contributed by atoms with E-state index in [2.05, 4.69) is 16.4 Å². The van der Waals surface area contributed by atoms with Crippen molar-refractivity contribution < 1.29 is 14.3 Å². The van der Waals surface area contributed by atoms with Gasteiger partial charge in [-0.1, -0.05) is 47.8 Å². The van der Waals surface area contributed by atoms with Gasteiger partial charge in [0.1, 0.15) is 4.38 Å². The van der Waals surface area contributed by atoms with Crippen molar-refractivity contribution in [2.75, 3.05) is 18.2 Å². The Kier molecular flexibility index (Phi) is 6.00. The number of amides is 1. The fraction of sp³-hybridized carbons (Fsp3) is 0.211. The summed E-state index contributed by atoms with van der Waals surface area (Å²) in [7, 11) is 1.33. The van der Waals surface area contributed by atoms with Gasteiger partial charge in [0.2, 0.25) is 5.91 Å². The van der Waals surface area contributed by atoms with Crippen molar-refractivity contribution in [1.82, 2.24) is 0 Å². The van der Waals surface area contributed by atoms with Gasteiger partial charge in [0.05, 0.1) is 24.1 Å². The highest BCUT2D eigenvalue weighted by Crippen LogP contribution is 2.34. The molecule has 0 bridgehead atoms. The Labute approximate surface area is 160 Å². The summed E-state index contributed by atoms with van der Waals surface area (Å²) >= 11 is 3.06. The summed E-state index contributed by atoms with van der Waals surface area (Å²) < 4.78 is 5.61. The number of thioether (sulfide) groups is 2. The van der Waals surface area contributed by atoms with Gasteiger partial charge in [-0.05, 0) is 36.2 Å². The van der Waals surface area contributed by atoms with E-state index in [1.165, 1.54) is 24.4 Å². The third-order valence-corrected chi connectivity index (χ3v) is 6.06. The van der Waals surface area contributed by atoms with Crippen LogP contribution in [0.5, 0.6) is 0 Å². The molecule has 0 fully saturated rings. The van der Waals surface area contributed by atoms with Gasteiger partial charge in [0.25, 0.3) is 0 Å². The summed E-state index contributed by atoms with van der Waals surface area (Å²) in [6, 6.07) is 13.1. The average molecular weight is 386 g/mol. The van der Waals surface area contributed by atoms with E-state index in [1.54, 1.807) is 30.0 Å². The molecule has 5 nitrogen and oxygen atoms in total. The molecule has 1 amide bonds. The molecule has 0 atom stereocenters. The SMILES string of the molecule is COC(=O)c1ccc(C)c(NC(=O)CSC2=Nc3ccccc3CS2)c1. The van der Waals surface area contributed by atoms with Crippen molar-refractivity contribution >= 4 is 51.2 Å². The van der Waals surface area contributed by atoms with Crippen molar-refractivity contribution in [3.8, 4) is 0 Å². The van der Waals surface area contributed by atoms with Gasteiger partial charge in [-0.3, -0.25) is 4.79 Å². The highest BCUT2D eigenvalue weighted by atomic mass is 32.2. The van der Waals surface area contributed by atoms with Crippen molar-refractivity contribution in [1.29, 1.82) is 0 Å². The van der Waals surface area contributed by atoms with E-state index >= 15 is 0 Å². The molecule has 26 heavy (non-hydrogen) atoms. The van der Waals surface area contributed by atoms with E-state index in [-0.39, 0.29) is 11.7 Å². The second kappa shape index (κ2) is 8.42. The lowest BCUT2D eigenvalue weighted by Gasteiger charge is -2.14. The minimum atomic E-state index is -0.429. The molecule has 0 radical (unpaired) electrons. The lowest BCUT2D eigenvalue weighted by atomic mass is 10.1. The Morgan fingerprint density at radius 1 is 1.27 bits per heavy atom. The molecule has 0 unspecified atom stereocenters. The molecule has 0 spiro atoms. The number of nitrogens with one attached hydrogen (secondary N) is 1. The molecule has 1 heterocycles. The number of nitrogens with zero attached hydrogens (tertiary/aromatic N) is 1. The zero-order chi connectivity index (χ0) is 18.5. The minimum absolute atomic E-state index is 0.137. The number of anilines is 1. The fourth-order valence-corrected chi connectivity index (χ4v) is 4.26. The largest absolute Gasteiger partial charge is 0.465 e. The first-order valence-electron chi connectivity index (χ1n) is 7.98. The Hall–Kier alpha value is -2.25. The number of methoxy groups -OCH3 is 1. The van der Waals surface area contributed by atoms with E-state index < -0.39 is 5.97 Å². The molecular weight excluding hydrogens is 368 g/mol. The molecule has 3 rings (SSSR count). The number of para-hydroxylation sites is 1. The number of hydrogen-bond acceptors (Lipinski definition) is 6. The first-order chi connectivity index (χ1) is 12.6. The maximum absolute atomic E-state index is 12.3. The van der Waals surface area contributed by atoms with Crippen molar-refractivity contribution in [3.05, 3.63) is 59.2 Å². The smallest absolute Gasteiger partial charge is 0.337 e. The molecule has 1 N–H and O–H groups in total. The predicted octanol–water partition coefficient (Wildman–Crippen LogP) is 4.39. The molecule has 1 aliphatic rings. The zero-order valence-corrected chi connectivity index (χ0v) is 16.1. The van der Waals surface area contributed by atoms with Crippen LogP contribution >= 0.6 is 23.5 Å². The Morgan fingerprint density at radius 2 is 2.08 bits per heavy atom. The molecule has 0 saturated carbocycles. The van der Waals surface area contributed by atoms with Gasteiger partial charge in [-0.2, -0.15) is 0 Å². The fourth-order valence-electron chi connectivity index (χ4n) is 2.40. The van der Waals surface area contributed by atoms with Gasteiger partial charge in [0.15, 0.2) is 0 Å². The van der Waals surface area contributed by atoms with E-state index in [1.807, 2.05) is 25.1 Å². The second-order valence-electron chi connectivity index (χ2n) is 5.65. The number of aliphatic imine (C=N–C) groups is 1. The third kappa shape index (κ3) is 4.47. The normalized spacial score (nSPS) is 12.8. The number of esters is 1. The standard InChI is InChI=1S/C19H18N2O3S2/c1-12-7-8-13(18(23)24-2)9-16(12)20-17(22)11-26-19-21-15-6-4-3-5-14(15)10-25-19/h3-9H,10-11H2,1-2H3,(H,20,22). The van der Waals surface area contributed by atoms with Crippen LogP contribution in [0.4, 0.5) is 11.4 Å². The van der Waals surface area contributed by atoms with Crippen LogP contribution in [0.1, 0.15) is 21.5 Å². The number of ether oxygens (including phenoxy) is 1. The maximum Gasteiger partial charge on any atom is 0.337 e. The number of fused-ring (bicyclic) bond motifs is 1. The monoisotopic (exact) mass is 386 g/mol. The number of carbonyl (C=O) groups excluding carboxylic acids is 2. The van der Waals surface area contributed by atoms with Gasteiger partial charge >= 0.3 is 5.97 Å². The first kappa shape index (κ1) is 18.5. The highest BCUT2D eigenvalue weighted by Gasteiger charge is 2.15. The first-order valence-corrected chi connectivity index (χ1v) is 9.95. The molecule has 0 aromatic heterocycles. The summed E-state index contributed by atoms with van der Waals surface area (Å²) in [5.74, 6) is 0.559. The third-order valence-electron chi connectivity index (χ3n) is 3.81. The van der Waals surface area contributed by atoms with E-state index in [9.17, 15) is 9.59 Å². The highest BCUT2D eigenvalue weighted by molar-refractivity contribution is 8.38. The summed E-state index contributed by atoms with van der Waals surface area (Å²) in [6.07, 6.45) is 0. The van der Waals surface area contributed by atoms with Crippen LogP contribution in [0.2, 0.25) is 0 Å². The molecule has 1 aliphatic heterocycles. The molecule has 7 heteroatoms. The molecule has 0 aliphatic carbocycles. The average Bonchev–Trinajstić information content (AvgIpc) is 2.67. The zero-order valence-electron chi connectivity index (χ0n) is 14.4. The van der Waals surface area contributed by atoms with Gasteiger partial charge in [-0.25, -0.2) is 9.79 Å². The number of hydrogen-bond donors (Lipinski definition) is 1. The van der Waals surface area contributed by atoms with E-state index in [0.29, 0.717) is 11.3 Å². The molecule has 2 aromatic carbocycles. The van der Waals surface area contributed by atoms with Gasteiger partial charge < -0.3 is 10.1 Å². The second-order valence-corrected chi connectivity index (χ2v) is 7.84. The van der Waals surface area contributed by atoms with Crippen LogP contribution in [0.3, 0.4) is 0 Å². The van der Waals surface area contributed by atoms with Crippen LogP contribution in [-0.2, 0) is 15.3 Å². The quantitative estimate of drug-likeness (QED) is 0.790. The Morgan fingerprint density at radius 3 is 2.88 bits per heavy atom. The van der Waals surface area contributed by atoms with Crippen molar-refractivity contribution in [2.45, 2.75) is 12.7 Å². The summed E-state index contributed by atoms with van der Waals surface area (Å²) in [6.45, 7) is 1.88. The predicted molar refractivity (Wildman–Crippen MR) is 108 cm³/mol. The molecule has 0 saturated heterocycles. The van der Waals surface area contributed by atoms with Gasteiger partial charge in [-0.15, -0.1) is 0 Å². The number of aryl methyl sites for hydroxylation is 1. The molecule has 134 valence electrons. The van der Waals surface area contributed by atoms with Crippen LogP contribution < -0.4 is 5.32 Å². The van der Waals surface area contributed by atoms with Crippen molar-refractivity contribution in [2.24, 2.45) is 4.99 Å². The number of benzene rings is 2. The van der Waals surface area contributed by atoms with Crippen LogP contribution in [0.25, 0.3) is 0 Å². The topological polar surface area (TPSA) is 67.8 Å². The van der Waals surface area contributed by atoms with Crippen LogP contribution in [0.15, 0.2) is 47.5 Å². The van der Waals surface area contributed by atoms with E-state index in [4.69, 9.17) is 4.74 Å². The molecule has 2 aromatic rings. The minimum Gasteiger partial charge on any atom is -0.465 e.